The highest BCUT2D eigenvalue weighted by Crippen LogP contribution is 2.28. The fourth-order valence-electron chi connectivity index (χ4n) is 4.61. The lowest BCUT2D eigenvalue weighted by Gasteiger charge is -2.33. The first-order valence-corrected chi connectivity index (χ1v) is 9.96. The van der Waals surface area contributed by atoms with Crippen LogP contribution in [0.1, 0.15) is 42.7 Å². The molecule has 25 heavy (non-hydrogen) atoms. The first kappa shape index (κ1) is 16.8. The van der Waals surface area contributed by atoms with Crippen LogP contribution in [0.25, 0.3) is 0 Å². The van der Waals surface area contributed by atoms with Gasteiger partial charge in [-0.3, -0.25) is 4.90 Å². The average Bonchev–Trinajstić information content (AvgIpc) is 2.90. The Bertz CT molecular complexity index is 584. The molecule has 2 heteroatoms. The standard InChI is InChI=1S/C23H30N2/c1-3-9-20(10-4-1)23(21-11-5-2-6-12-21)19-24-16-14-22-13-7-8-15-25(22)18-17-24/h1-6,9-12,22-23H,7-8,13-19H2. The number of hydrogen-bond donors (Lipinski definition) is 0. The molecule has 0 aromatic heterocycles. The van der Waals surface area contributed by atoms with E-state index in [0.717, 1.165) is 12.6 Å². The highest BCUT2D eigenvalue weighted by molar-refractivity contribution is 5.32. The van der Waals surface area contributed by atoms with Gasteiger partial charge in [0.15, 0.2) is 0 Å². The summed E-state index contributed by atoms with van der Waals surface area (Å²) in [6.45, 7) is 6.17. The van der Waals surface area contributed by atoms with Crippen molar-refractivity contribution in [3.05, 3.63) is 71.8 Å². The minimum absolute atomic E-state index is 0.470. The smallest absolute Gasteiger partial charge is 0.0217 e. The van der Waals surface area contributed by atoms with Crippen LogP contribution in [-0.2, 0) is 0 Å². The van der Waals surface area contributed by atoms with Crippen molar-refractivity contribution >= 4 is 0 Å². The second-order valence-corrected chi connectivity index (χ2v) is 7.65. The molecule has 2 aliphatic rings. The van der Waals surface area contributed by atoms with Gasteiger partial charge in [0.2, 0.25) is 0 Å². The third-order valence-electron chi connectivity index (χ3n) is 6.08. The summed E-state index contributed by atoms with van der Waals surface area (Å²) in [7, 11) is 0. The van der Waals surface area contributed by atoms with Gasteiger partial charge in [0.1, 0.15) is 0 Å². The van der Waals surface area contributed by atoms with Gasteiger partial charge in [-0.2, -0.15) is 0 Å². The molecule has 0 amide bonds. The van der Waals surface area contributed by atoms with E-state index in [-0.39, 0.29) is 0 Å². The molecule has 2 nitrogen and oxygen atoms in total. The van der Waals surface area contributed by atoms with E-state index in [2.05, 4.69) is 70.5 Å². The summed E-state index contributed by atoms with van der Waals surface area (Å²) in [5.74, 6) is 0.470. The molecule has 2 aromatic carbocycles. The maximum absolute atomic E-state index is 2.75. The monoisotopic (exact) mass is 334 g/mol. The molecule has 2 heterocycles. The zero-order chi connectivity index (χ0) is 16.9. The minimum Gasteiger partial charge on any atom is -0.301 e. The highest BCUT2D eigenvalue weighted by Gasteiger charge is 2.27. The summed E-state index contributed by atoms with van der Waals surface area (Å²) in [6, 6.07) is 22.9. The van der Waals surface area contributed by atoms with Crippen molar-refractivity contribution < 1.29 is 0 Å². The lowest BCUT2D eigenvalue weighted by atomic mass is 9.90. The molecule has 2 aliphatic heterocycles. The van der Waals surface area contributed by atoms with E-state index in [4.69, 9.17) is 0 Å². The van der Waals surface area contributed by atoms with Crippen LogP contribution in [0.2, 0.25) is 0 Å². The molecule has 2 aromatic rings. The second kappa shape index (κ2) is 8.16. The maximum Gasteiger partial charge on any atom is 0.0217 e. The van der Waals surface area contributed by atoms with Crippen molar-refractivity contribution in [2.45, 2.75) is 37.6 Å². The number of nitrogens with zero attached hydrogens (tertiary/aromatic N) is 2. The Balaban J connectivity index is 1.51. The van der Waals surface area contributed by atoms with E-state index < -0.39 is 0 Å². The third-order valence-corrected chi connectivity index (χ3v) is 6.08. The Morgan fingerprint density at radius 3 is 2.08 bits per heavy atom. The van der Waals surface area contributed by atoms with Crippen LogP contribution in [0.4, 0.5) is 0 Å². The van der Waals surface area contributed by atoms with Crippen molar-refractivity contribution in [2.75, 3.05) is 32.7 Å². The molecule has 0 aliphatic carbocycles. The van der Waals surface area contributed by atoms with Crippen LogP contribution in [0, 0.1) is 0 Å². The van der Waals surface area contributed by atoms with Gasteiger partial charge in [0.05, 0.1) is 0 Å². The van der Waals surface area contributed by atoms with E-state index in [1.54, 1.807) is 0 Å². The van der Waals surface area contributed by atoms with E-state index >= 15 is 0 Å². The molecule has 1 atom stereocenters. The van der Waals surface area contributed by atoms with Gasteiger partial charge in [-0.1, -0.05) is 67.1 Å². The summed E-state index contributed by atoms with van der Waals surface area (Å²) >= 11 is 0. The highest BCUT2D eigenvalue weighted by atomic mass is 15.2. The lowest BCUT2D eigenvalue weighted by molar-refractivity contribution is 0.155. The van der Waals surface area contributed by atoms with Gasteiger partial charge < -0.3 is 4.90 Å². The van der Waals surface area contributed by atoms with Crippen molar-refractivity contribution in [2.24, 2.45) is 0 Å². The summed E-state index contributed by atoms with van der Waals surface area (Å²) < 4.78 is 0. The van der Waals surface area contributed by atoms with Crippen LogP contribution < -0.4 is 0 Å². The zero-order valence-corrected chi connectivity index (χ0v) is 15.2. The van der Waals surface area contributed by atoms with Crippen molar-refractivity contribution in [1.29, 1.82) is 0 Å². The predicted molar refractivity (Wildman–Crippen MR) is 105 cm³/mol. The van der Waals surface area contributed by atoms with Gasteiger partial charge in [-0.15, -0.1) is 0 Å². The van der Waals surface area contributed by atoms with Crippen molar-refractivity contribution in [3.63, 3.8) is 0 Å². The fraction of sp³-hybridized carbons (Fsp3) is 0.478. The number of rotatable bonds is 4. The van der Waals surface area contributed by atoms with Crippen LogP contribution >= 0.6 is 0 Å². The molecule has 0 radical (unpaired) electrons. The van der Waals surface area contributed by atoms with Gasteiger partial charge in [0, 0.05) is 31.6 Å². The van der Waals surface area contributed by atoms with E-state index in [1.807, 2.05) is 0 Å². The SMILES string of the molecule is c1ccc(C(CN2CCC3CCCCN3CC2)c2ccccc2)cc1. The molecule has 0 spiro atoms. The number of fused-ring (bicyclic) bond motifs is 1. The maximum atomic E-state index is 2.75. The van der Waals surface area contributed by atoms with Crippen LogP contribution in [-0.4, -0.2) is 48.6 Å². The molecular weight excluding hydrogens is 304 g/mol. The van der Waals surface area contributed by atoms with Gasteiger partial charge in [-0.05, 0) is 43.5 Å². The van der Waals surface area contributed by atoms with Gasteiger partial charge in [0.25, 0.3) is 0 Å². The summed E-state index contributed by atoms with van der Waals surface area (Å²) in [6.07, 6.45) is 5.58. The van der Waals surface area contributed by atoms with Crippen LogP contribution in [0.3, 0.4) is 0 Å². The molecule has 0 N–H and O–H groups in total. The van der Waals surface area contributed by atoms with Crippen molar-refractivity contribution in [3.8, 4) is 0 Å². The molecule has 2 fully saturated rings. The predicted octanol–water partition coefficient (Wildman–Crippen LogP) is 4.38. The van der Waals surface area contributed by atoms with Crippen molar-refractivity contribution in [1.82, 2.24) is 9.80 Å². The van der Waals surface area contributed by atoms with E-state index in [0.29, 0.717) is 5.92 Å². The molecule has 1 unspecified atom stereocenters. The normalized spacial score (nSPS) is 22.5. The Hall–Kier alpha value is -1.64. The first-order chi connectivity index (χ1) is 12.4. The lowest BCUT2D eigenvalue weighted by Crippen LogP contribution is -2.40. The Morgan fingerprint density at radius 1 is 0.720 bits per heavy atom. The average molecular weight is 335 g/mol. The Labute approximate surface area is 152 Å². The molecule has 0 saturated carbocycles. The number of hydrogen-bond acceptors (Lipinski definition) is 2. The van der Waals surface area contributed by atoms with Gasteiger partial charge in [-0.25, -0.2) is 0 Å². The van der Waals surface area contributed by atoms with Crippen LogP contribution in [0.15, 0.2) is 60.7 Å². The Morgan fingerprint density at radius 2 is 1.40 bits per heavy atom. The fourth-order valence-corrected chi connectivity index (χ4v) is 4.61. The largest absolute Gasteiger partial charge is 0.301 e. The number of benzene rings is 2. The van der Waals surface area contributed by atoms with E-state index in [9.17, 15) is 0 Å². The third kappa shape index (κ3) is 4.13. The molecule has 0 bridgehead atoms. The Kier molecular flexibility index (Phi) is 5.49. The molecule has 2 saturated heterocycles. The number of piperidine rings is 1. The molecule has 132 valence electrons. The first-order valence-electron chi connectivity index (χ1n) is 9.96. The molecular formula is C23H30N2. The summed E-state index contributed by atoms with van der Waals surface area (Å²) in [5.41, 5.74) is 2.88. The quantitative estimate of drug-likeness (QED) is 0.819. The molecule has 4 rings (SSSR count). The summed E-state index contributed by atoms with van der Waals surface area (Å²) in [4.78, 5) is 5.46. The topological polar surface area (TPSA) is 6.48 Å². The summed E-state index contributed by atoms with van der Waals surface area (Å²) in [5, 5.41) is 0. The zero-order valence-electron chi connectivity index (χ0n) is 15.2. The van der Waals surface area contributed by atoms with Crippen LogP contribution in [0.5, 0.6) is 0 Å². The van der Waals surface area contributed by atoms with E-state index in [1.165, 1.54) is 63.0 Å². The second-order valence-electron chi connectivity index (χ2n) is 7.65. The van der Waals surface area contributed by atoms with Gasteiger partial charge >= 0.3 is 0 Å². The minimum atomic E-state index is 0.470.